The second-order valence-corrected chi connectivity index (χ2v) is 5.30. The minimum Gasteiger partial charge on any atom is -0.383 e. The molecule has 6 nitrogen and oxygen atoms in total. The molecule has 0 radical (unpaired) electrons. The van der Waals surface area contributed by atoms with Crippen LogP contribution in [0.2, 0.25) is 0 Å². The topological polar surface area (TPSA) is 52.2 Å². The summed E-state index contributed by atoms with van der Waals surface area (Å²) in [5.41, 5.74) is 0. The third-order valence-electron chi connectivity index (χ3n) is 3.61. The maximum absolute atomic E-state index is 5.62. The average Bonchev–Trinajstić information content (AvgIpc) is 3.00. The molecule has 126 valence electrons. The van der Waals surface area contributed by atoms with Crippen LogP contribution in [0.4, 0.5) is 0 Å². The van der Waals surface area contributed by atoms with Crippen molar-refractivity contribution in [2.75, 3.05) is 80.0 Å². The van der Waals surface area contributed by atoms with E-state index in [0.717, 1.165) is 39.4 Å². The van der Waals surface area contributed by atoms with Crippen molar-refractivity contribution in [2.24, 2.45) is 0 Å². The lowest BCUT2D eigenvalue weighted by Gasteiger charge is -2.25. The summed E-state index contributed by atoms with van der Waals surface area (Å²) in [6.45, 7) is 8.19. The first kappa shape index (κ1) is 18.8. The lowest BCUT2D eigenvalue weighted by Crippen LogP contribution is -2.40. The summed E-state index contributed by atoms with van der Waals surface area (Å²) < 4.78 is 21.1. The molecule has 1 fully saturated rings. The van der Waals surface area contributed by atoms with Gasteiger partial charge >= 0.3 is 0 Å². The van der Waals surface area contributed by atoms with E-state index in [1.54, 1.807) is 14.2 Å². The van der Waals surface area contributed by atoms with Gasteiger partial charge < -0.3 is 24.3 Å². The quantitative estimate of drug-likeness (QED) is 0.468. The number of hydrogen-bond acceptors (Lipinski definition) is 6. The Morgan fingerprint density at radius 3 is 2.24 bits per heavy atom. The van der Waals surface area contributed by atoms with Crippen molar-refractivity contribution in [1.29, 1.82) is 0 Å². The van der Waals surface area contributed by atoms with Gasteiger partial charge in [-0.1, -0.05) is 0 Å². The highest BCUT2D eigenvalue weighted by molar-refractivity contribution is 4.77. The fourth-order valence-corrected chi connectivity index (χ4v) is 2.40. The summed E-state index contributed by atoms with van der Waals surface area (Å²) in [5.74, 6) is 0. The maximum Gasteiger partial charge on any atom is 0.0701 e. The number of ether oxygens (including phenoxy) is 4. The van der Waals surface area contributed by atoms with Crippen LogP contribution >= 0.6 is 0 Å². The first-order valence-electron chi connectivity index (χ1n) is 7.96. The highest BCUT2D eigenvalue weighted by Gasteiger charge is 2.17. The molecule has 1 aliphatic heterocycles. The van der Waals surface area contributed by atoms with E-state index in [1.807, 2.05) is 0 Å². The van der Waals surface area contributed by atoms with E-state index in [1.165, 1.54) is 12.8 Å². The second-order valence-electron chi connectivity index (χ2n) is 5.30. The molecule has 1 unspecified atom stereocenters. The first-order chi connectivity index (χ1) is 10.4. The van der Waals surface area contributed by atoms with Gasteiger partial charge in [-0.3, -0.25) is 4.90 Å². The Morgan fingerprint density at radius 2 is 1.57 bits per heavy atom. The van der Waals surface area contributed by atoms with Gasteiger partial charge in [-0.05, 0) is 19.4 Å². The van der Waals surface area contributed by atoms with Crippen molar-refractivity contribution in [3.05, 3.63) is 0 Å². The lowest BCUT2D eigenvalue weighted by atomic mass is 10.2. The molecular weight excluding hydrogens is 272 g/mol. The molecule has 6 heteroatoms. The Balaban J connectivity index is 2.02. The normalized spacial score (nSPS) is 18.7. The number of rotatable bonds is 14. The Morgan fingerprint density at radius 1 is 0.905 bits per heavy atom. The molecule has 1 N–H and O–H groups in total. The third-order valence-corrected chi connectivity index (χ3v) is 3.61. The molecule has 0 aromatic carbocycles. The van der Waals surface area contributed by atoms with Crippen LogP contribution in [0.1, 0.15) is 12.8 Å². The van der Waals surface area contributed by atoms with Crippen LogP contribution in [0, 0.1) is 0 Å². The summed E-state index contributed by atoms with van der Waals surface area (Å²) in [6, 6.07) is 0.624. The van der Waals surface area contributed by atoms with Crippen molar-refractivity contribution in [2.45, 2.75) is 18.9 Å². The van der Waals surface area contributed by atoms with E-state index in [-0.39, 0.29) is 0 Å². The molecule has 0 aliphatic carbocycles. The van der Waals surface area contributed by atoms with Crippen molar-refractivity contribution in [1.82, 2.24) is 10.2 Å². The van der Waals surface area contributed by atoms with Gasteiger partial charge in [-0.25, -0.2) is 0 Å². The van der Waals surface area contributed by atoms with Gasteiger partial charge in [-0.2, -0.15) is 0 Å². The zero-order valence-corrected chi connectivity index (χ0v) is 13.6. The smallest absolute Gasteiger partial charge is 0.0701 e. The monoisotopic (exact) mass is 304 g/mol. The molecule has 1 rings (SSSR count). The minimum absolute atomic E-state index is 0.624. The average molecular weight is 304 g/mol. The Hall–Kier alpha value is -0.240. The zero-order valence-electron chi connectivity index (χ0n) is 13.6. The molecule has 0 amide bonds. The lowest BCUT2D eigenvalue weighted by molar-refractivity contribution is 0.0174. The highest BCUT2D eigenvalue weighted by atomic mass is 16.5. The van der Waals surface area contributed by atoms with E-state index in [4.69, 9.17) is 18.9 Å². The van der Waals surface area contributed by atoms with E-state index in [9.17, 15) is 0 Å². The molecule has 0 spiro atoms. The van der Waals surface area contributed by atoms with Gasteiger partial charge in [0.2, 0.25) is 0 Å². The molecule has 0 saturated carbocycles. The van der Waals surface area contributed by atoms with Gasteiger partial charge in [0, 0.05) is 39.9 Å². The first-order valence-corrected chi connectivity index (χ1v) is 7.96. The molecule has 0 bridgehead atoms. The van der Waals surface area contributed by atoms with Crippen LogP contribution in [0.15, 0.2) is 0 Å². The fourth-order valence-electron chi connectivity index (χ4n) is 2.40. The SMILES string of the molecule is COCCOCCOCCN(CCOC)CC1CCCN1. The molecule has 0 aromatic heterocycles. The largest absolute Gasteiger partial charge is 0.383 e. The molecular formula is C15H32N2O4. The van der Waals surface area contributed by atoms with E-state index in [0.29, 0.717) is 32.5 Å². The zero-order chi connectivity index (χ0) is 15.2. The third kappa shape index (κ3) is 10.2. The van der Waals surface area contributed by atoms with Crippen molar-refractivity contribution < 1.29 is 18.9 Å². The molecule has 1 saturated heterocycles. The fraction of sp³-hybridized carbons (Fsp3) is 1.00. The predicted octanol–water partition coefficient (Wildman–Crippen LogP) is 0.366. The summed E-state index contributed by atoms with van der Waals surface area (Å²) in [5, 5.41) is 3.54. The number of nitrogens with zero attached hydrogens (tertiary/aromatic N) is 1. The summed E-state index contributed by atoms with van der Waals surface area (Å²) in [7, 11) is 3.42. The Labute approximate surface area is 129 Å². The van der Waals surface area contributed by atoms with E-state index in [2.05, 4.69) is 10.2 Å². The van der Waals surface area contributed by atoms with E-state index >= 15 is 0 Å². The number of hydrogen-bond donors (Lipinski definition) is 1. The van der Waals surface area contributed by atoms with Gasteiger partial charge in [0.25, 0.3) is 0 Å². The summed E-state index contributed by atoms with van der Waals surface area (Å²) in [6.07, 6.45) is 2.57. The maximum atomic E-state index is 5.62. The van der Waals surface area contributed by atoms with Crippen LogP contribution < -0.4 is 5.32 Å². The van der Waals surface area contributed by atoms with Gasteiger partial charge in [0.1, 0.15) is 0 Å². The molecule has 0 aromatic rings. The standard InChI is InChI=1S/C15H32N2O4/c1-18-8-6-17(14-15-4-3-5-16-15)7-9-20-12-13-21-11-10-19-2/h15-16H,3-14H2,1-2H3. The Kier molecular flexibility index (Phi) is 12.0. The number of nitrogens with one attached hydrogen (secondary N) is 1. The summed E-state index contributed by atoms with van der Waals surface area (Å²) in [4.78, 5) is 2.41. The highest BCUT2D eigenvalue weighted by Crippen LogP contribution is 2.06. The van der Waals surface area contributed by atoms with Crippen molar-refractivity contribution in [3.8, 4) is 0 Å². The molecule has 1 heterocycles. The second kappa shape index (κ2) is 13.4. The summed E-state index contributed by atoms with van der Waals surface area (Å²) >= 11 is 0. The molecule has 21 heavy (non-hydrogen) atoms. The van der Waals surface area contributed by atoms with Gasteiger partial charge in [0.05, 0.1) is 39.6 Å². The predicted molar refractivity (Wildman–Crippen MR) is 82.9 cm³/mol. The van der Waals surface area contributed by atoms with Gasteiger partial charge in [-0.15, -0.1) is 0 Å². The van der Waals surface area contributed by atoms with Gasteiger partial charge in [0.15, 0.2) is 0 Å². The van der Waals surface area contributed by atoms with Crippen molar-refractivity contribution >= 4 is 0 Å². The van der Waals surface area contributed by atoms with Crippen LogP contribution in [-0.4, -0.2) is 91.0 Å². The van der Waals surface area contributed by atoms with E-state index < -0.39 is 0 Å². The van der Waals surface area contributed by atoms with Crippen LogP contribution in [-0.2, 0) is 18.9 Å². The minimum atomic E-state index is 0.624. The van der Waals surface area contributed by atoms with Crippen LogP contribution in [0.25, 0.3) is 0 Å². The number of methoxy groups -OCH3 is 2. The van der Waals surface area contributed by atoms with Crippen LogP contribution in [0.5, 0.6) is 0 Å². The molecule has 1 atom stereocenters. The molecule has 1 aliphatic rings. The van der Waals surface area contributed by atoms with Crippen LogP contribution in [0.3, 0.4) is 0 Å². The van der Waals surface area contributed by atoms with Crippen molar-refractivity contribution in [3.63, 3.8) is 0 Å². The Bertz CT molecular complexity index is 226.